The van der Waals surface area contributed by atoms with Gasteiger partial charge in [0.05, 0.1) is 29.2 Å². The van der Waals surface area contributed by atoms with Gasteiger partial charge in [0.25, 0.3) is 11.6 Å². The molecule has 148 valence electrons. The summed E-state index contributed by atoms with van der Waals surface area (Å²) in [7, 11) is 1.38. The Morgan fingerprint density at radius 2 is 1.93 bits per heavy atom. The van der Waals surface area contributed by atoms with Crippen LogP contribution in [-0.4, -0.2) is 35.0 Å². The monoisotopic (exact) mass is 395 g/mol. The normalized spacial score (nSPS) is 11.5. The van der Waals surface area contributed by atoms with Crippen LogP contribution in [-0.2, 0) is 9.53 Å². The molecule has 0 aliphatic rings. The number of aromatic nitrogens is 1. The van der Waals surface area contributed by atoms with Gasteiger partial charge in [-0.05, 0) is 31.2 Å². The first-order chi connectivity index (χ1) is 13.9. The second-order valence-corrected chi connectivity index (χ2v) is 6.06. The topological polar surface area (TPSA) is 121 Å². The van der Waals surface area contributed by atoms with Crippen molar-refractivity contribution in [3.05, 3.63) is 70.4 Å². The average Bonchev–Trinajstić information content (AvgIpc) is 2.73. The Hall–Kier alpha value is -4.01. The zero-order valence-corrected chi connectivity index (χ0v) is 15.6. The van der Waals surface area contributed by atoms with E-state index in [9.17, 15) is 19.7 Å². The number of nitrogens with one attached hydrogen (secondary N) is 1. The minimum Gasteiger partial charge on any atom is -0.496 e. The number of esters is 1. The van der Waals surface area contributed by atoms with E-state index in [4.69, 9.17) is 9.47 Å². The number of carbonyl (C=O) groups excluding carboxylic acids is 2. The zero-order chi connectivity index (χ0) is 21.0. The van der Waals surface area contributed by atoms with E-state index in [1.165, 1.54) is 32.2 Å². The van der Waals surface area contributed by atoms with Crippen LogP contribution in [0.25, 0.3) is 10.9 Å². The molecule has 0 radical (unpaired) electrons. The average molecular weight is 395 g/mol. The number of pyridine rings is 1. The molecule has 1 aromatic heterocycles. The second kappa shape index (κ2) is 8.34. The lowest BCUT2D eigenvalue weighted by Gasteiger charge is -2.14. The quantitative estimate of drug-likeness (QED) is 0.386. The molecule has 0 bridgehead atoms. The number of hydrogen-bond acceptors (Lipinski definition) is 7. The third-order valence-corrected chi connectivity index (χ3v) is 4.17. The van der Waals surface area contributed by atoms with Gasteiger partial charge in [0, 0.05) is 11.6 Å². The van der Waals surface area contributed by atoms with E-state index in [1.54, 1.807) is 36.5 Å². The molecule has 29 heavy (non-hydrogen) atoms. The first-order valence-corrected chi connectivity index (χ1v) is 8.58. The van der Waals surface area contributed by atoms with Crippen LogP contribution >= 0.6 is 0 Å². The lowest BCUT2D eigenvalue weighted by Crippen LogP contribution is -2.30. The summed E-state index contributed by atoms with van der Waals surface area (Å²) in [5.41, 5.74) is 0.307. The standard InChI is InChI=1S/C20H17N3O6/c1-12(19(24)22-16-9-8-14(28-2)11-17(16)23(26)27)29-20(25)15-7-3-5-13-6-4-10-21-18(13)15/h3-12H,1-2H3,(H,22,24)/t12-/m0/s1. The number of methoxy groups -OCH3 is 1. The Kier molecular flexibility index (Phi) is 5.68. The predicted octanol–water partition coefficient (Wildman–Crippen LogP) is 3.34. The largest absolute Gasteiger partial charge is 0.496 e. The number of rotatable bonds is 6. The predicted molar refractivity (Wildman–Crippen MR) is 105 cm³/mol. The summed E-state index contributed by atoms with van der Waals surface area (Å²) in [6, 6.07) is 12.6. The van der Waals surface area contributed by atoms with Gasteiger partial charge in [-0.15, -0.1) is 0 Å². The molecule has 2 aromatic carbocycles. The molecule has 0 aliphatic carbocycles. The molecule has 0 saturated carbocycles. The van der Waals surface area contributed by atoms with Gasteiger partial charge in [-0.3, -0.25) is 19.9 Å². The van der Waals surface area contributed by atoms with E-state index in [0.717, 1.165) is 5.39 Å². The van der Waals surface area contributed by atoms with E-state index in [-0.39, 0.29) is 22.7 Å². The number of anilines is 1. The fourth-order valence-electron chi connectivity index (χ4n) is 2.68. The van der Waals surface area contributed by atoms with Gasteiger partial charge in [-0.2, -0.15) is 0 Å². The van der Waals surface area contributed by atoms with Crippen molar-refractivity contribution in [2.45, 2.75) is 13.0 Å². The maximum Gasteiger partial charge on any atom is 0.341 e. The fourth-order valence-corrected chi connectivity index (χ4v) is 2.68. The van der Waals surface area contributed by atoms with Crippen LogP contribution in [0, 0.1) is 10.1 Å². The van der Waals surface area contributed by atoms with Crippen LogP contribution in [0.15, 0.2) is 54.7 Å². The van der Waals surface area contributed by atoms with Gasteiger partial charge in [0.1, 0.15) is 11.4 Å². The summed E-state index contributed by atoms with van der Waals surface area (Å²) < 4.78 is 10.2. The SMILES string of the molecule is COc1ccc(NC(=O)[C@H](C)OC(=O)c2cccc3cccnc23)c([N+](=O)[O-])c1. The van der Waals surface area contributed by atoms with E-state index in [1.807, 2.05) is 0 Å². The van der Waals surface area contributed by atoms with Gasteiger partial charge in [0.2, 0.25) is 0 Å². The molecule has 1 heterocycles. The number of hydrogen-bond donors (Lipinski definition) is 1. The van der Waals surface area contributed by atoms with Crippen LogP contribution in [0.4, 0.5) is 11.4 Å². The number of para-hydroxylation sites is 1. The van der Waals surface area contributed by atoms with Crippen molar-refractivity contribution in [2.24, 2.45) is 0 Å². The van der Waals surface area contributed by atoms with Gasteiger partial charge in [0.15, 0.2) is 6.10 Å². The van der Waals surface area contributed by atoms with Crippen molar-refractivity contribution in [3.8, 4) is 5.75 Å². The second-order valence-electron chi connectivity index (χ2n) is 6.06. The molecule has 0 aliphatic heterocycles. The maximum absolute atomic E-state index is 12.5. The van der Waals surface area contributed by atoms with Crippen molar-refractivity contribution >= 4 is 34.2 Å². The molecule has 0 fully saturated rings. The Labute approximate surface area is 165 Å². The van der Waals surface area contributed by atoms with Crippen LogP contribution < -0.4 is 10.1 Å². The first kappa shape index (κ1) is 19.7. The molecular weight excluding hydrogens is 378 g/mol. The third-order valence-electron chi connectivity index (χ3n) is 4.17. The smallest absolute Gasteiger partial charge is 0.341 e. The van der Waals surface area contributed by atoms with Crippen LogP contribution in [0.3, 0.4) is 0 Å². The number of nitrogens with zero attached hydrogens (tertiary/aromatic N) is 2. The highest BCUT2D eigenvalue weighted by Crippen LogP contribution is 2.29. The summed E-state index contributed by atoms with van der Waals surface area (Å²) >= 11 is 0. The zero-order valence-electron chi connectivity index (χ0n) is 15.6. The highest BCUT2D eigenvalue weighted by molar-refractivity contribution is 6.04. The molecule has 1 atom stereocenters. The number of amides is 1. The number of ether oxygens (including phenoxy) is 2. The molecule has 0 spiro atoms. The summed E-state index contributed by atoms with van der Waals surface area (Å²) in [6.45, 7) is 1.38. The van der Waals surface area contributed by atoms with Gasteiger partial charge in [-0.25, -0.2) is 4.79 Å². The maximum atomic E-state index is 12.5. The minimum atomic E-state index is -1.19. The summed E-state index contributed by atoms with van der Waals surface area (Å²) in [5.74, 6) is -1.15. The fraction of sp³-hybridized carbons (Fsp3) is 0.150. The molecular formula is C20H17N3O6. The minimum absolute atomic E-state index is 0.0319. The number of benzene rings is 2. The summed E-state index contributed by atoms with van der Waals surface area (Å²) in [5, 5.41) is 14.4. The van der Waals surface area contributed by atoms with Gasteiger partial charge >= 0.3 is 5.97 Å². The first-order valence-electron chi connectivity index (χ1n) is 8.58. The highest BCUT2D eigenvalue weighted by atomic mass is 16.6. The number of nitro benzene ring substituents is 1. The van der Waals surface area contributed by atoms with E-state index in [2.05, 4.69) is 10.3 Å². The van der Waals surface area contributed by atoms with E-state index >= 15 is 0 Å². The number of nitro groups is 1. The van der Waals surface area contributed by atoms with Gasteiger partial charge in [-0.1, -0.05) is 18.2 Å². The molecule has 0 saturated heterocycles. The molecule has 3 rings (SSSR count). The highest BCUT2D eigenvalue weighted by Gasteiger charge is 2.24. The molecule has 9 heteroatoms. The van der Waals surface area contributed by atoms with E-state index in [0.29, 0.717) is 5.52 Å². The van der Waals surface area contributed by atoms with Crippen molar-refractivity contribution < 1.29 is 24.0 Å². The Morgan fingerprint density at radius 3 is 2.66 bits per heavy atom. The molecule has 9 nitrogen and oxygen atoms in total. The number of fused-ring (bicyclic) bond motifs is 1. The van der Waals surface area contributed by atoms with Crippen LogP contribution in [0.1, 0.15) is 17.3 Å². The van der Waals surface area contributed by atoms with Crippen molar-refractivity contribution in [3.63, 3.8) is 0 Å². The van der Waals surface area contributed by atoms with Gasteiger partial charge < -0.3 is 14.8 Å². The Balaban J connectivity index is 1.76. The van der Waals surface area contributed by atoms with Crippen LogP contribution in [0.2, 0.25) is 0 Å². The molecule has 1 amide bonds. The number of carbonyl (C=O) groups is 2. The van der Waals surface area contributed by atoms with Crippen molar-refractivity contribution in [1.29, 1.82) is 0 Å². The van der Waals surface area contributed by atoms with Crippen molar-refractivity contribution in [1.82, 2.24) is 4.98 Å². The Bertz CT molecular complexity index is 1090. The summed E-state index contributed by atoms with van der Waals surface area (Å²) in [6.07, 6.45) is 0.362. The molecule has 1 N–H and O–H groups in total. The third kappa shape index (κ3) is 4.29. The van der Waals surface area contributed by atoms with Crippen LogP contribution in [0.5, 0.6) is 5.75 Å². The molecule has 0 unspecified atom stereocenters. The van der Waals surface area contributed by atoms with E-state index < -0.39 is 22.9 Å². The molecule has 3 aromatic rings. The lowest BCUT2D eigenvalue weighted by atomic mass is 10.1. The Morgan fingerprint density at radius 1 is 1.17 bits per heavy atom. The lowest BCUT2D eigenvalue weighted by molar-refractivity contribution is -0.384. The summed E-state index contributed by atoms with van der Waals surface area (Å²) in [4.78, 5) is 39.7. The van der Waals surface area contributed by atoms with Crippen molar-refractivity contribution in [2.75, 3.05) is 12.4 Å².